The third kappa shape index (κ3) is 3.91. The summed E-state index contributed by atoms with van der Waals surface area (Å²) in [4.78, 5) is 17.7. The van der Waals surface area contributed by atoms with Crippen molar-refractivity contribution in [2.45, 2.75) is 10.6 Å². The van der Waals surface area contributed by atoms with E-state index in [-0.39, 0.29) is 22.2 Å². The largest absolute Gasteiger partial charge is 0.378 e. The number of aromatic nitrogens is 2. The van der Waals surface area contributed by atoms with E-state index in [0.717, 1.165) is 24.5 Å². The normalized spacial score (nSPS) is 19.2. The predicted octanol–water partition coefficient (Wildman–Crippen LogP) is 2.14. The van der Waals surface area contributed by atoms with Crippen molar-refractivity contribution in [1.29, 1.82) is 0 Å². The molecule has 182 valence electrons. The van der Waals surface area contributed by atoms with Gasteiger partial charge in [0.05, 0.1) is 48.5 Å². The van der Waals surface area contributed by atoms with Crippen molar-refractivity contribution >= 4 is 21.4 Å². The van der Waals surface area contributed by atoms with Crippen LogP contribution in [0.2, 0.25) is 0 Å². The van der Waals surface area contributed by atoms with Gasteiger partial charge in [0.1, 0.15) is 0 Å². The summed E-state index contributed by atoms with van der Waals surface area (Å²) in [6, 6.07) is 14.9. The van der Waals surface area contributed by atoms with E-state index in [1.54, 1.807) is 27.8 Å². The lowest BCUT2D eigenvalue weighted by atomic mass is 10.0. The van der Waals surface area contributed by atoms with Crippen LogP contribution in [0.25, 0.3) is 16.9 Å². The van der Waals surface area contributed by atoms with Gasteiger partial charge < -0.3 is 19.3 Å². The summed E-state index contributed by atoms with van der Waals surface area (Å²) < 4.78 is 39.0. The number of anilines is 1. The van der Waals surface area contributed by atoms with E-state index < -0.39 is 9.84 Å². The molecule has 4 heterocycles. The first kappa shape index (κ1) is 22.3. The van der Waals surface area contributed by atoms with Crippen LogP contribution < -0.4 is 4.90 Å². The monoisotopic (exact) mass is 494 g/mol. The third-order valence-electron chi connectivity index (χ3n) is 6.75. The molecule has 0 saturated carbocycles. The van der Waals surface area contributed by atoms with Gasteiger partial charge in [-0.1, -0.05) is 24.3 Å². The zero-order valence-electron chi connectivity index (χ0n) is 19.2. The number of ether oxygens (including phenoxy) is 2. The fourth-order valence-electron chi connectivity index (χ4n) is 4.98. The van der Waals surface area contributed by atoms with Gasteiger partial charge in [-0.3, -0.25) is 4.79 Å². The van der Waals surface area contributed by atoms with Crippen LogP contribution in [0.3, 0.4) is 0 Å². The standard InChI is InChI=1S/C25H26N4O5S/c30-25(28-10-14-34-15-11-28)23-21-17-35(31,32)22-7-2-1-6-20(22)24(21)29(26-23)19-5-3-4-18(16-19)27-8-12-33-13-9-27/h1-7,16H,8-15,17H2. The number of sulfone groups is 1. The Morgan fingerprint density at radius 1 is 0.857 bits per heavy atom. The lowest BCUT2D eigenvalue weighted by Crippen LogP contribution is -2.41. The molecule has 2 saturated heterocycles. The molecule has 2 fully saturated rings. The summed E-state index contributed by atoms with van der Waals surface area (Å²) in [6.45, 7) is 4.75. The number of benzene rings is 2. The van der Waals surface area contributed by atoms with E-state index >= 15 is 0 Å². The number of rotatable bonds is 3. The summed E-state index contributed by atoms with van der Waals surface area (Å²) in [7, 11) is -3.61. The molecular formula is C25H26N4O5S. The van der Waals surface area contributed by atoms with Gasteiger partial charge in [0.25, 0.3) is 5.91 Å². The Kier molecular flexibility index (Phi) is 5.58. The molecule has 35 heavy (non-hydrogen) atoms. The van der Waals surface area contributed by atoms with Crippen molar-refractivity contribution in [3.63, 3.8) is 0 Å². The fourth-order valence-corrected chi connectivity index (χ4v) is 6.58. The van der Waals surface area contributed by atoms with Crippen LogP contribution in [-0.2, 0) is 25.1 Å². The topological polar surface area (TPSA) is 94.0 Å². The fraction of sp³-hybridized carbons (Fsp3) is 0.360. The quantitative estimate of drug-likeness (QED) is 0.551. The van der Waals surface area contributed by atoms with Crippen molar-refractivity contribution in [3.05, 3.63) is 59.8 Å². The number of morpholine rings is 2. The number of nitrogens with zero attached hydrogens (tertiary/aromatic N) is 4. The minimum atomic E-state index is -3.61. The average Bonchev–Trinajstić information content (AvgIpc) is 3.28. The van der Waals surface area contributed by atoms with Crippen LogP contribution in [0.1, 0.15) is 16.1 Å². The highest BCUT2D eigenvalue weighted by Gasteiger charge is 2.37. The molecule has 1 aromatic heterocycles. The molecule has 0 spiro atoms. The Bertz CT molecular complexity index is 1390. The summed E-state index contributed by atoms with van der Waals surface area (Å²) in [5, 5.41) is 4.76. The second-order valence-electron chi connectivity index (χ2n) is 8.87. The lowest BCUT2D eigenvalue weighted by molar-refractivity contribution is 0.0298. The second-order valence-corrected chi connectivity index (χ2v) is 10.8. The Morgan fingerprint density at radius 3 is 2.31 bits per heavy atom. The smallest absolute Gasteiger partial charge is 0.274 e. The maximum atomic E-state index is 13.5. The Morgan fingerprint density at radius 2 is 1.54 bits per heavy atom. The number of carbonyl (C=O) groups is 1. The van der Waals surface area contributed by atoms with Crippen molar-refractivity contribution < 1.29 is 22.7 Å². The van der Waals surface area contributed by atoms with E-state index in [0.29, 0.717) is 56.3 Å². The van der Waals surface area contributed by atoms with Gasteiger partial charge in [0.15, 0.2) is 15.5 Å². The molecule has 1 amide bonds. The van der Waals surface area contributed by atoms with E-state index in [4.69, 9.17) is 14.6 Å². The Labute approximate surface area is 203 Å². The van der Waals surface area contributed by atoms with E-state index in [1.165, 1.54) is 0 Å². The van der Waals surface area contributed by atoms with Crippen LogP contribution in [-0.4, -0.2) is 81.6 Å². The van der Waals surface area contributed by atoms with Crippen molar-refractivity contribution in [3.8, 4) is 16.9 Å². The molecule has 0 radical (unpaired) electrons. The molecule has 6 rings (SSSR count). The molecule has 3 aliphatic heterocycles. The lowest BCUT2D eigenvalue weighted by Gasteiger charge is -2.29. The number of hydrogen-bond donors (Lipinski definition) is 0. The van der Waals surface area contributed by atoms with Crippen LogP contribution >= 0.6 is 0 Å². The molecule has 0 bridgehead atoms. The zero-order chi connectivity index (χ0) is 24.0. The SMILES string of the molecule is O=C(c1nn(-c2cccc(N3CCOCC3)c2)c2c1CS(=O)(=O)c1ccccc1-2)N1CCOCC1. The van der Waals surface area contributed by atoms with Crippen LogP contribution in [0.5, 0.6) is 0 Å². The number of amides is 1. The van der Waals surface area contributed by atoms with Gasteiger partial charge >= 0.3 is 0 Å². The molecule has 0 N–H and O–H groups in total. The van der Waals surface area contributed by atoms with Crippen LogP contribution in [0, 0.1) is 0 Å². The zero-order valence-corrected chi connectivity index (χ0v) is 20.0. The van der Waals surface area contributed by atoms with Gasteiger partial charge in [-0.2, -0.15) is 5.10 Å². The van der Waals surface area contributed by atoms with E-state index in [2.05, 4.69) is 4.90 Å². The molecular weight excluding hydrogens is 468 g/mol. The number of fused-ring (bicyclic) bond motifs is 3. The van der Waals surface area contributed by atoms with Gasteiger partial charge in [0.2, 0.25) is 0 Å². The van der Waals surface area contributed by atoms with Crippen molar-refractivity contribution in [1.82, 2.24) is 14.7 Å². The minimum Gasteiger partial charge on any atom is -0.378 e. The van der Waals surface area contributed by atoms with Gasteiger partial charge in [-0.05, 0) is 24.3 Å². The molecule has 10 heteroatoms. The van der Waals surface area contributed by atoms with E-state index in [9.17, 15) is 13.2 Å². The third-order valence-corrected chi connectivity index (χ3v) is 8.44. The predicted molar refractivity (Wildman–Crippen MR) is 130 cm³/mol. The molecule has 0 aliphatic carbocycles. The first-order chi connectivity index (χ1) is 17.0. The van der Waals surface area contributed by atoms with Gasteiger partial charge in [-0.15, -0.1) is 0 Å². The molecule has 0 atom stereocenters. The van der Waals surface area contributed by atoms with E-state index in [1.807, 2.05) is 30.3 Å². The highest BCUT2D eigenvalue weighted by atomic mass is 32.2. The molecule has 3 aromatic rings. The van der Waals surface area contributed by atoms with Crippen molar-refractivity contribution in [2.24, 2.45) is 0 Å². The highest BCUT2D eigenvalue weighted by molar-refractivity contribution is 7.90. The summed E-state index contributed by atoms with van der Waals surface area (Å²) >= 11 is 0. The second kappa shape index (κ2) is 8.78. The Hall–Kier alpha value is -3.21. The molecule has 9 nitrogen and oxygen atoms in total. The molecule has 2 aromatic carbocycles. The van der Waals surface area contributed by atoms with Gasteiger partial charge in [-0.25, -0.2) is 13.1 Å². The minimum absolute atomic E-state index is 0.191. The van der Waals surface area contributed by atoms with Gasteiger partial charge in [0, 0.05) is 43.0 Å². The maximum absolute atomic E-state index is 13.5. The van der Waals surface area contributed by atoms with Crippen LogP contribution in [0.4, 0.5) is 5.69 Å². The number of carbonyl (C=O) groups excluding carboxylic acids is 1. The maximum Gasteiger partial charge on any atom is 0.274 e. The summed E-state index contributed by atoms with van der Waals surface area (Å²) in [5.41, 5.74) is 3.69. The van der Waals surface area contributed by atoms with Crippen LogP contribution in [0.15, 0.2) is 53.4 Å². The summed E-state index contributed by atoms with van der Waals surface area (Å²) in [5.74, 6) is -0.518. The number of hydrogen-bond acceptors (Lipinski definition) is 7. The molecule has 0 unspecified atom stereocenters. The highest BCUT2D eigenvalue weighted by Crippen LogP contribution is 2.41. The Balaban J connectivity index is 1.52. The van der Waals surface area contributed by atoms with Crippen molar-refractivity contribution in [2.75, 3.05) is 57.5 Å². The first-order valence-electron chi connectivity index (χ1n) is 11.8. The molecule has 3 aliphatic rings. The first-order valence-corrected chi connectivity index (χ1v) is 13.4. The average molecular weight is 495 g/mol. The summed E-state index contributed by atoms with van der Waals surface area (Å²) in [6.07, 6.45) is 0.